The monoisotopic (exact) mass is 305 g/mol. The lowest BCUT2D eigenvalue weighted by molar-refractivity contribution is -0.384. The van der Waals surface area contributed by atoms with Crippen molar-refractivity contribution in [1.29, 1.82) is 0 Å². The minimum atomic E-state index is -0.529. The fourth-order valence-electron chi connectivity index (χ4n) is 2.51. The molecule has 2 rings (SSSR count). The number of carbonyl (C=O) groups is 2. The molecule has 1 heterocycles. The number of anilines is 1. The summed E-state index contributed by atoms with van der Waals surface area (Å²) in [5.74, 6) is -0.362. The average molecular weight is 305 g/mol. The first kappa shape index (κ1) is 15.9. The first-order valence-corrected chi connectivity index (χ1v) is 7.19. The molecule has 0 aliphatic carbocycles. The molecular formula is C15H19N3O4. The van der Waals surface area contributed by atoms with E-state index in [-0.39, 0.29) is 23.4 Å². The third-order valence-electron chi connectivity index (χ3n) is 3.80. The standard InChI is InChI=1S/C15H19N3O4/c1-10(2)14(19)16-8-9-17(15(20)11(16)3)12-4-6-13(7-5-12)18(21)22/h4-7,10-11H,8-9H2,1-3H3. The van der Waals surface area contributed by atoms with Crippen molar-refractivity contribution in [2.45, 2.75) is 26.8 Å². The Bertz CT molecular complexity index is 597. The molecule has 1 fully saturated rings. The number of rotatable bonds is 3. The molecule has 2 amide bonds. The molecular weight excluding hydrogens is 286 g/mol. The molecule has 1 aliphatic heterocycles. The normalized spacial score (nSPS) is 18.7. The van der Waals surface area contributed by atoms with E-state index in [1.54, 1.807) is 28.9 Å². The number of nitro groups is 1. The summed E-state index contributed by atoms with van der Waals surface area (Å²) in [5.41, 5.74) is 0.594. The molecule has 1 aromatic rings. The summed E-state index contributed by atoms with van der Waals surface area (Å²) in [6.45, 7) is 6.17. The summed E-state index contributed by atoms with van der Waals surface area (Å²) in [4.78, 5) is 37.9. The van der Waals surface area contributed by atoms with Gasteiger partial charge in [0.15, 0.2) is 0 Å². The van der Waals surface area contributed by atoms with Crippen molar-refractivity contribution in [2.24, 2.45) is 5.92 Å². The van der Waals surface area contributed by atoms with E-state index in [9.17, 15) is 19.7 Å². The van der Waals surface area contributed by atoms with Gasteiger partial charge in [0.05, 0.1) is 4.92 Å². The van der Waals surface area contributed by atoms with Gasteiger partial charge < -0.3 is 9.80 Å². The molecule has 0 saturated carbocycles. The number of hydrogen-bond acceptors (Lipinski definition) is 4. The summed E-state index contributed by atoms with van der Waals surface area (Å²) in [6, 6.07) is 5.34. The predicted octanol–water partition coefficient (Wildman–Crippen LogP) is 1.81. The maximum atomic E-state index is 12.5. The minimum Gasteiger partial charge on any atom is -0.329 e. The molecule has 0 N–H and O–H groups in total. The van der Waals surface area contributed by atoms with Crippen LogP contribution in [0.1, 0.15) is 20.8 Å². The molecule has 1 unspecified atom stereocenters. The van der Waals surface area contributed by atoms with Gasteiger partial charge >= 0.3 is 0 Å². The van der Waals surface area contributed by atoms with Crippen molar-refractivity contribution in [3.8, 4) is 0 Å². The Morgan fingerprint density at radius 2 is 1.86 bits per heavy atom. The second-order valence-corrected chi connectivity index (χ2v) is 5.63. The van der Waals surface area contributed by atoms with Crippen molar-refractivity contribution < 1.29 is 14.5 Å². The van der Waals surface area contributed by atoms with Crippen molar-refractivity contribution in [2.75, 3.05) is 18.0 Å². The number of piperazine rings is 1. The summed E-state index contributed by atoms with van der Waals surface area (Å²) >= 11 is 0. The summed E-state index contributed by atoms with van der Waals surface area (Å²) in [7, 11) is 0. The molecule has 1 saturated heterocycles. The fraction of sp³-hybridized carbons (Fsp3) is 0.467. The number of non-ortho nitro benzene ring substituents is 1. The van der Waals surface area contributed by atoms with E-state index in [1.165, 1.54) is 12.1 Å². The Morgan fingerprint density at radius 3 is 2.36 bits per heavy atom. The highest BCUT2D eigenvalue weighted by Crippen LogP contribution is 2.23. The molecule has 0 spiro atoms. The smallest absolute Gasteiger partial charge is 0.269 e. The molecule has 118 valence electrons. The Hall–Kier alpha value is -2.44. The SMILES string of the molecule is CC(C)C(=O)N1CCN(c2ccc([N+](=O)[O-])cc2)C(=O)C1C. The number of benzene rings is 1. The van der Waals surface area contributed by atoms with E-state index >= 15 is 0 Å². The highest BCUT2D eigenvalue weighted by atomic mass is 16.6. The first-order valence-electron chi connectivity index (χ1n) is 7.19. The average Bonchev–Trinajstić information content (AvgIpc) is 2.49. The van der Waals surface area contributed by atoms with Crippen LogP contribution in [-0.2, 0) is 9.59 Å². The predicted molar refractivity (Wildman–Crippen MR) is 81.5 cm³/mol. The molecule has 0 aromatic heterocycles. The lowest BCUT2D eigenvalue weighted by Gasteiger charge is -2.39. The third kappa shape index (κ3) is 2.93. The second kappa shape index (κ2) is 6.13. The van der Waals surface area contributed by atoms with E-state index in [2.05, 4.69) is 0 Å². The summed E-state index contributed by atoms with van der Waals surface area (Å²) < 4.78 is 0. The van der Waals surface area contributed by atoms with E-state index in [1.807, 2.05) is 13.8 Å². The zero-order chi connectivity index (χ0) is 16.4. The lowest BCUT2D eigenvalue weighted by Crippen LogP contribution is -2.58. The van der Waals surface area contributed by atoms with Gasteiger partial charge in [-0.2, -0.15) is 0 Å². The fourth-order valence-corrected chi connectivity index (χ4v) is 2.51. The third-order valence-corrected chi connectivity index (χ3v) is 3.80. The van der Waals surface area contributed by atoms with Gasteiger partial charge in [0, 0.05) is 36.8 Å². The van der Waals surface area contributed by atoms with Gasteiger partial charge in [0.1, 0.15) is 6.04 Å². The maximum Gasteiger partial charge on any atom is 0.269 e. The number of amides is 2. The van der Waals surface area contributed by atoms with E-state index < -0.39 is 11.0 Å². The molecule has 1 atom stereocenters. The van der Waals surface area contributed by atoms with Crippen LogP contribution in [0.25, 0.3) is 0 Å². The molecule has 0 bridgehead atoms. The van der Waals surface area contributed by atoms with Gasteiger partial charge in [0.25, 0.3) is 5.69 Å². The molecule has 1 aromatic carbocycles. The van der Waals surface area contributed by atoms with Crippen LogP contribution >= 0.6 is 0 Å². The van der Waals surface area contributed by atoms with Crippen LogP contribution in [0.5, 0.6) is 0 Å². The molecule has 1 aliphatic rings. The number of nitrogens with zero attached hydrogens (tertiary/aromatic N) is 3. The van der Waals surface area contributed by atoms with Gasteiger partial charge in [0.2, 0.25) is 11.8 Å². The Kier molecular flexibility index (Phi) is 4.44. The topological polar surface area (TPSA) is 83.8 Å². The van der Waals surface area contributed by atoms with Gasteiger partial charge in [-0.3, -0.25) is 19.7 Å². The summed E-state index contributed by atoms with van der Waals surface area (Å²) in [5, 5.41) is 10.7. The first-order chi connectivity index (χ1) is 10.3. The van der Waals surface area contributed by atoms with Crippen molar-refractivity contribution in [1.82, 2.24) is 4.90 Å². The largest absolute Gasteiger partial charge is 0.329 e. The summed E-state index contributed by atoms with van der Waals surface area (Å²) in [6.07, 6.45) is 0. The second-order valence-electron chi connectivity index (χ2n) is 5.63. The quantitative estimate of drug-likeness (QED) is 0.630. The van der Waals surface area contributed by atoms with E-state index in [0.717, 1.165) is 0 Å². The van der Waals surface area contributed by atoms with E-state index in [0.29, 0.717) is 18.8 Å². The van der Waals surface area contributed by atoms with Crippen molar-refractivity contribution >= 4 is 23.2 Å². The Morgan fingerprint density at radius 1 is 1.27 bits per heavy atom. The van der Waals surface area contributed by atoms with Gasteiger partial charge in [-0.1, -0.05) is 13.8 Å². The van der Waals surface area contributed by atoms with Gasteiger partial charge in [-0.15, -0.1) is 0 Å². The van der Waals surface area contributed by atoms with Crippen LogP contribution in [0.3, 0.4) is 0 Å². The van der Waals surface area contributed by atoms with Crippen LogP contribution in [-0.4, -0.2) is 40.8 Å². The molecule has 7 nitrogen and oxygen atoms in total. The molecule has 22 heavy (non-hydrogen) atoms. The Labute approximate surface area is 128 Å². The maximum absolute atomic E-state index is 12.5. The zero-order valence-corrected chi connectivity index (χ0v) is 12.9. The van der Waals surface area contributed by atoms with Crippen molar-refractivity contribution in [3.05, 3.63) is 34.4 Å². The van der Waals surface area contributed by atoms with Crippen LogP contribution in [0.15, 0.2) is 24.3 Å². The zero-order valence-electron chi connectivity index (χ0n) is 12.9. The number of hydrogen-bond donors (Lipinski definition) is 0. The van der Waals surface area contributed by atoms with Gasteiger partial charge in [-0.05, 0) is 19.1 Å². The van der Waals surface area contributed by atoms with Crippen LogP contribution in [0.4, 0.5) is 11.4 Å². The van der Waals surface area contributed by atoms with Gasteiger partial charge in [-0.25, -0.2) is 0 Å². The van der Waals surface area contributed by atoms with Crippen LogP contribution in [0.2, 0.25) is 0 Å². The number of carbonyl (C=O) groups excluding carboxylic acids is 2. The van der Waals surface area contributed by atoms with E-state index in [4.69, 9.17) is 0 Å². The molecule has 0 radical (unpaired) electrons. The highest BCUT2D eigenvalue weighted by Gasteiger charge is 2.35. The minimum absolute atomic E-state index is 0.0159. The number of nitro benzene ring substituents is 1. The Balaban J connectivity index is 2.17. The van der Waals surface area contributed by atoms with Crippen LogP contribution < -0.4 is 4.90 Å². The lowest BCUT2D eigenvalue weighted by atomic mass is 10.1. The highest BCUT2D eigenvalue weighted by molar-refractivity contribution is 6.00. The molecule has 7 heteroatoms. The van der Waals surface area contributed by atoms with Crippen LogP contribution in [0, 0.1) is 16.0 Å². The van der Waals surface area contributed by atoms with Crippen molar-refractivity contribution in [3.63, 3.8) is 0 Å².